The van der Waals surface area contributed by atoms with Crippen molar-refractivity contribution in [3.8, 4) is 0 Å². The van der Waals surface area contributed by atoms with Gasteiger partial charge in [0, 0.05) is 7.05 Å². The van der Waals surface area contributed by atoms with E-state index < -0.39 is 0 Å². The van der Waals surface area contributed by atoms with Crippen LogP contribution in [0.25, 0.3) is 0 Å². The fraction of sp³-hybridized carbons (Fsp3) is 0.286. The summed E-state index contributed by atoms with van der Waals surface area (Å²) in [5, 5.41) is 0. The molecule has 0 atom stereocenters. The minimum Gasteiger partial charge on any atom is -0.458 e. The van der Waals surface area contributed by atoms with Gasteiger partial charge >= 0.3 is 0 Å². The van der Waals surface area contributed by atoms with E-state index in [4.69, 9.17) is 10.2 Å². The van der Waals surface area contributed by atoms with Crippen LogP contribution in [-0.2, 0) is 0 Å². The van der Waals surface area contributed by atoms with Crippen molar-refractivity contribution < 1.29 is 4.42 Å². The summed E-state index contributed by atoms with van der Waals surface area (Å²) < 4.78 is 5.18. The molecule has 0 radical (unpaired) electrons. The molecule has 2 N–H and O–H groups in total. The van der Waals surface area contributed by atoms with Gasteiger partial charge in [-0.25, -0.2) is 0 Å². The number of aliphatic imine (C=N–C) groups is 1. The van der Waals surface area contributed by atoms with Crippen LogP contribution in [-0.4, -0.2) is 12.9 Å². The monoisotopic (exact) mass is 138 g/mol. The van der Waals surface area contributed by atoms with Crippen molar-refractivity contribution in [1.82, 2.24) is 0 Å². The first kappa shape index (κ1) is 6.86. The van der Waals surface area contributed by atoms with Crippen molar-refractivity contribution in [2.24, 2.45) is 10.7 Å². The van der Waals surface area contributed by atoms with Gasteiger partial charge in [-0.05, 0) is 19.1 Å². The largest absolute Gasteiger partial charge is 0.458 e. The zero-order valence-corrected chi connectivity index (χ0v) is 6.09. The van der Waals surface area contributed by atoms with Gasteiger partial charge in [0.15, 0.2) is 11.6 Å². The molecule has 1 aromatic heterocycles. The fourth-order valence-electron chi connectivity index (χ4n) is 0.682. The van der Waals surface area contributed by atoms with Crippen molar-refractivity contribution in [1.29, 1.82) is 0 Å². The van der Waals surface area contributed by atoms with Gasteiger partial charge in [0.2, 0.25) is 0 Å². The molecule has 0 aliphatic rings. The molecule has 10 heavy (non-hydrogen) atoms. The molecule has 54 valence electrons. The van der Waals surface area contributed by atoms with E-state index in [1.165, 1.54) is 0 Å². The number of hydrogen-bond donors (Lipinski definition) is 1. The summed E-state index contributed by atoms with van der Waals surface area (Å²) in [4.78, 5) is 3.77. The number of amidine groups is 1. The Hall–Kier alpha value is -1.25. The lowest BCUT2D eigenvalue weighted by Crippen LogP contribution is -2.11. The highest BCUT2D eigenvalue weighted by Gasteiger charge is 2.00. The Morgan fingerprint density at radius 1 is 1.60 bits per heavy atom. The van der Waals surface area contributed by atoms with Gasteiger partial charge in [0.05, 0.1) is 0 Å². The maximum atomic E-state index is 5.46. The Bertz CT molecular complexity index is 250. The van der Waals surface area contributed by atoms with E-state index in [1.807, 2.05) is 13.0 Å². The summed E-state index contributed by atoms with van der Waals surface area (Å²) in [5.74, 6) is 1.93. The first-order valence-corrected chi connectivity index (χ1v) is 3.03. The average Bonchev–Trinajstić information content (AvgIpc) is 2.34. The molecule has 0 bridgehead atoms. The third-order valence-corrected chi connectivity index (χ3v) is 1.23. The zero-order chi connectivity index (χ0) is 7.56. The highest BCUT2D eigenvalue weighted by molar-refractivity contribution is 5.94. The second-order valence-electron chi connectivity index (χ2n) is 2.02. The predicted octanol–water partition coefficient (Wildman–Crippen LogP) is 0.923. The van der Waals surface area contributed by atoms with Crippen LogP contribution in [0.5, 0.6) is 0 Å². The van der Waals surface area contributed by atoms with Crippen molar-refractivity contribution >= 4 is 5.84 Å². The molecule has 0 aliphatic carbocycles. The smallest absolute Gasteiger partial charge is 0.168 e. The molecule has 0 amide bonds. The number of aryl methyl sites for hydroxylation is 1. The molecule has 0 aromatic carbocycles. The second-order valence-corrected chi connectivity index (χ2v) is 2.02. The summed E-state index contributed by atoms with van der Waals surface area (Å²) in [7, 11) is 1.63. The Balaban J connectivity index is 2.95. The molecule has 0 saturated heterocycles. The van der Waals surface area contributed by atoms with Crippen LogP contribution < -0.4 is 5.73 Å². The molecule has 1 aromatic rings. The Morgan fingerprint density at radius 3 is 2.70 bits per heavy atom. The van der Waals surface area contributed by atoms with Crippen LogP contribution >= 0.6 is 0 Å². The lowest BCUT2D eigenvalue weighted by atomic mass is 10.4. The SMILES string of the molecule is CN=C(N)c1ccc(C)o1. The van der Waals surface area contributed by atoms with Crippen LogP contribution in [0.4, 0.5) is 0 Å². The standard InChI is InChI=1S/C7H10N2O/c1-5-3-4-6(10-5)7(8)9-2/h3-4H,1-2H3,(H2,8,9). The lowest BCUT2D eigenvalue weighted by molar-refractivity contribution is 0.525. The van der Waals surface area contributed by atoms with Crippen molar-refractivity contribution in [3.63, 3.8) is 0 Å². The summed E-state index contributed by atoms with van der Waals surface area (Å²) in [6.45, 7) is 1.87. The summed E-state index contributed by atoms with van der Waals surface area (Å²) in [5.41, 5.74) is 5.46. The summed E-state index contributed by atoms with van der Waals surface area (Å²) in [6, 6.07) is 3.66. The van der Waals surface area contributed by atoms with E-state index in [1.54, 1.807) is 13.1 Å². The maximum Gasteiger partial charge on any atom is 0.168 e. The van der Waals surface area contributed by atoms with Crippen molar-refractivity contribution in [3.05, 3.63) is 23.7 Å². The average molecular weight is 138 g/mol. The minimum atomic E-state index is 0.438. The second kappa shape index (κ2) is 2.56. The number of nitrogens with zero attached hydrogens (tertiary/aromatic N) is 1. The van der Waals surface area contributed by atoms with Crippen molar-refractivity contribution in [2.75, 3.05) is 7.05 Å². The molecule has 1 heterocycles. The number of hydrogen-bond acceptors (Lipinski definition) is 2. The van der Waals surface area contributed by atoms with Gasteiger partial charge in [-0.1, -0.05) is 0 Å². The third-order valence-electron chi connectivity index (χ3n) is 1.23. The summed E-state index contributed by atoms with van der Waals surface area (Å²) >= 11 is 0. The van der Waals surface area contributed by atoms with Crippen LogP contribution in [0.2, 0.25) is 0 Å². The van der Waals surface area contributed by atoms with E-state index in [9.17, 15) is 0 Å². The summed E-state index contributed by atoms with van der Waals surface area (Å²) in [6.07, 6.45) is 0. The molecule has 0 spiro atoms. The van der Waals surface area contributed by atoms with E-state index in [2.05, 4.69) is 4.99 Å². The predicted molar refractivity (Wildman–Crippen MR) is 40.1 cm³/mol. The quantitative estimate of drug-likeness (QED) is 0.463. The van der Waals surface area contributed by atoms with Gasteiger partial charge < -0.3 is 10.2 Å². The fourth-order valence-corrected chi connectivity index (χ4v) is 0.682. The van der Waals surface area contributed by atoms with Gasteiger partial charge in [0.1, 0.15) is 5.76 Å². The van der Waals surface area contributed by atoms with Crippen molar-refractivity contribution in [2.45, 2.75) is 6.92 Å². The van der Waals surface area contributed by atoms with Crippen LogP contribution in [0.1, 0.15) is 11.5 Å². The van der Waals surface area contributed by atoms with E-state index >= 15 is 0 Å². The highest BCUT2D eigenvalue weighted by Crippen LogP contribution is 2.04. The van der Waals surface area contributed by atoms with Crippen LogP contribution in [0.15, 0.2) is 21.5 Å². The van der Waals surface area contributed by atoms with Crippen LogP contribution in [0, 0.1) is 6.92 Å². The number of rotatable bonds is 1. The van der Waals surface area contributed by atoms with E-state index in [0.717, 1.165) is 5.76 Å². The lowest BCUT2D eigenvalue weighted by Gasteiger charge is -1.90. The zero-order valence-electron chi connectivity index (χ0n) is 6.09. The van der Waals surface area contributed by atoms with Gasteiger partial charge in [0.25, 0.3) is 0 Å². The molecular formula is C7H10N2O. The number of furan rings is 1. The highest BCUT2D eigenvalue weighted by atomic mass is 16.3. The third kappa shape index (κ3) is 1.18. The van der Waals surface area contributed by atoms with Gasteiger partial charge in [-0.2, -0.15) is 0 Å². The van der Waals surface area contributed by atoms with Gasteiger partial charge in [-0.15, -0.1) is 0 Å². The first-order chi connectivity index (χ1) is 4.74. The van der Waals surface area contributed by atoms with E-state index in [0.29, 0.717) is 11.6 Å². The first-order valence-electron chi connectivity index (χ1n) is 3.03. The topological polar surface area (TPSA) is 51.5 Å². The molecular weight excluding hydrogens is 128 g/mol. The van der Waals surface area contributed by atoms with Crippen LogP contribution in [0.3, 0.4) is 0 Å². The Labute approximate surface area is 59.6 Å². The molecule has 0 saturated carbocycles. The minimum absolute atomic E-state index is 0.438. The molecule has 0 unspecified atom stereocenters. The normalized spacial score (nSPS) is 12.0. The Kier molecular flexibility index (Phi) is 1.76. The molecule has 0 aliphatic heterocycles. The number of nitrogens with two attached hydrogens (primary N) is 1. The van der Waals surface area contributed by atoms with Gasteiger partial charge in [-0.3, -0.25) is 4.99 Å². The molecule has 0 fully saturated rings. The molecule has 3 heteroatoms. The molecule has 3 nitrogen and oxygen atoms in total. The maximum absolute atomic E-state index is 5.46. The van der Waals surface area contributed by atoms with E-state index in [-0.39, 0.29) is 0 Å². The Morgan fingerprint density at radius 2 is 2.30 bits per heavy atom. The molecule has 1 rings (SSSR count).